The van der Waals surface area contributed by atoms with E-state index in [1.54, 1.807) is 24.3 Å². The minimum Gasteiger partial charge on any atom is -0.491 e. The molecule has 166 valence electrons. The van der Waals surface area contributed by atoms with Crippen molar-refractivity contribution in [3.8, 4) is 16.9 Å². The predicted molar refractivity (Wildman–Crippen MR) is 111 cm³/mol. The van der Waals surface area contributed by atoms with E-state index in [-0.39, 0.29) is 18.8 Å². The Balaban J connectivity index is 1.98. The summed E-state index contributed by atoms with van der Waals surface area (Å²) in [6.45, 7) is 1.00. The van der Waals surface area contributed by atoms with Crippen LogP contribution in [0.2, 0.25) is 0 Å². The largest absolute Gasteiger partial charge is 0.491 e. The van der Waals surface area contributed by atoms with E-state index in [1.807, 2.05) is 24.3 Å². The second kappa shape index (κ2) is 12.3. The number of ether oxygens (including phenoxy) is 2. The fourth-order valence-electron chi connectivity index (χ4n) is 2.62. The van der Waals surface area contributed by atoms with Gasteiger partial charge in [-0.25, -0.2) is 5.48 Å². The van der Waals surface area contributed by atoms with Crippen LogP contribution in [0.3, 0.4) is 0 Å². The van der Waals surface area contributed by atoms with Gasteiger partial charge < -0.3 is 25.2 Å². The van der Waals surface area contributed by atoms with Gasteiger partial charge in [0.1, 0.15) is 12.4 Å². The van der Waals surface area contributed by atoms with Crippen LogP contribution in [0.1, 0.15) is 10.4 Å². The summed E-state index contributed by atoms with van der Waals surface area (Å²) in [6.07, 6.45) is 0. The Bertz CT molecular complexity index is 854. The fourth-order valence-corrected chi connectivity index (χ4v) is 2.62. The maximum absolute atomic E-state index is 12.4. The van der Waals surface area contributed by atoms with Gasteiger partial charge in [0.15, 0.2) is 6.04 Å². The Morgan fingerprint density at radius 1 is 0.903 bits per heavy atom. The van der Waals surface area contributed by atoms with E-state index in [0.29, 0.717) is 19.0 Å². The first-order chi connectivity index (χ1) is 15.0. The summed E-state index contributed by atoms with van der Waals surface area (Å²) < 4.78 is 10.7. The molecule has 1 atom stereocenters. The third-order valence-corrected chi connectivity index (χ3v) is 4.22. The average Bonchev–Trinajstić information content (AvgIpc) is 2.81. The molecule has 0 saturated carbocycles. The average molecular weight is 431 g/mol. The molecule has 0 bridgehead atoms. The number of carbonyl (C=O) groups is 3. The minimum absolute atomic E-state index is 0.0260. The highest BCUT2D eigenvalue weighted by atomic mass is 16.5. The summed E-state index contributed by atoms with van der Waals surface area (Å²) in [5.74, 6) is -1.78. The molecular weight excluding hydrogens is 406 g/mol. The Morgan fingerprint density at radius 2 is 1.52 bits per heavy atom. The van der Waals surface area contributed by atoms with E-state index in [1.165, 1.54) is 12.5 Å². The van der Waals surface area contributed by atoms with Crippen LogP contribution in [0.5, 0.6) is 5.75 Å². The number of hydroxylamine groups is 1. The number of nitrogens with one attached hydrogen (secondary N) is 3. The molecule has 3 amide bonds. The number of amides is 3. The molecule has 0 aromatic heterocycles. The van der Waals surface area contributed by atoms with Gasteiger partial charge >= 0.3 is 0 Å². The topological polar surface area (TPSA) is 146 Å². The van der Waals surface area contributed by atoms with E-state index in [4.69, 9.17) is 19.8 Å². The van der Waals surface area contributed by atoms with E-state index < -0.39 is 23.8 Å². The molecule has 2 aromatic rings. The third-order valence-electron chi connectivity index (χ3n) is 4.22. The molecule has 0 fully saturated rings. The van der Waals surface area contributed by atoms with Crippen LogP contribution in [0, 0.1) is 0 Å². The van der Waals surface area contributed by atoms with Crippen LogP contribution in [-0.2, 0) is 14.3 Å². The molecule has 0 aliphatic carbocycles. The van der Waals surface area contributed by atoms with E-state index in [0.717, 1.165) is 11.1 Å². The van der Waals surface area contributed by atoms with Crippen molar-refractivity contribution in [1.29, 1.82) is 0 Å². The van der Waals surface area contributed by atoms with Gasteiger partial charge in [-0.1, -0.05) is 24.3 Å². The lowest BCUT2D eigenvalue weighted by Gasteiger charge is -2.15. The summed E-state index contributed by atoms with van der Waals surface area (Å²) in [6, 6.07) is 12.4. The van der Waals surface area contributed by atoms with Crippen LogP contribution in [-0.4, -0.2) is 67.6 Å². The molecule has 31 heavy (non-hydrogen) atoms. The van der Waals surface area contributed by atoms with Crippen molar-refractivity contribution in [3.05, 3.63) is 54.1 Å². The molecule has 2 aromatic carbocycles. The molecule has 0 saturated heterocycles. The number of hydrogen-bond donors (Lipinski definition) is 5. The first kappa shape index (κ1) is 23.8. The van der Waals surface area contributed by atoms with Crippen molar-refractivity contribution in [3.63, 3.8) is 0 Å². The molecule has 5 N–H and O–H groups in total. The van der Waals surface area contributed by atoms with Gasteiger partial charge in [-0.2, -0.15) is 0 Å². The normalized spacial score (nSPS) is 11.3. The predicted octanol–water partition coefficient (Wildman–Crippen LogP) is 0.0911. The van der Waals surface area contributed by atoms with Crippen LogP contribution in [0.4, 0.5) is 0 Å². The quantitative estimate of drug-likeness (QED) is 0.147. The monoisotopic (exact) mass is 431 g/mol. The van der Waals surface area contributed by atoms with Crippen molar-refractivity contribution >= 4 is 17.7 Å². The number of rotatable bonds is 11. The smallest absolute Gasteiger partial charge is 0.275 e. The van der Waals surface area contributed by atoms with Crippen LogP contribution in [0.25, 0.3) is 11.1 Å². The van der Waals surface area contributed by atoms with Crippen molar-refractivity contribution in [1.82, 2.24) is 16.1 Å². The Labute approximate surface area is 179 Å². The third kappa shape index (κ3) is 7.07. The van der Waals surface area contributed by atoms with Crippen LogP contribution >= 0.6 is 0 Å². The summed E-state index contributed by atoms with van der Waals surface area (Å²) in [7, 11) is 1.31. The number of hydrogen-bond acceptors (Lipinski definition) is 7. The SMILES string of the molecule is CNC(=O)C(NC(=O)c1ccc(-c2ccc(OCCOCCO)cc2)cc1)C(=O)NO. The lowest BCUT2D eigenvalue weighted by molar-refractivity contribution is -0.137. The minimum atomic E-state index is -1.57. The number of likely N-dealkylation sites (N-methyl/N-ethyl adjacent to an activating group) is 1. The summed E-state index contributed by atoms with van der Waals surface area (Å²) >= 11 is 0. The molecule has 0 heterocycles. The Hall–Kier alpha value is -3.47. The number of carbonyl (C=O) groups excluding carboxylic acids is 3. The summed E-state index contributed by atoms with van der Waals surface area (Å²) in [5, 5.41) is 21.9. The highest BCUT2D eigenvalue weighted by molar-refractivity contribution is 6.08. The molecule has 1 unspecified atom stereocenters. The summed E-state index contributed by atoms with van der Waals surface area (Å²) in [4.78, 5) is 35.7. The zero-order valence-electron chi connectivity index (χ0n) is 17.0. The van der Waals surface area contributed by atoms with Crippen molar-refractivity contribution in [2.45, 2.75) is 6.04 Å². The molecule has 10 heteroatoms. The molecule has 0 aliphatic rings. The zero-order chi connectivity index (χ0) is 22.6. The van der Waals surface area contributed by atoms with Gasteiger partial charge in [0.2, 0.25) is 0 Å². The lowest BCUT2D eigenvalue weighted by atomic mass is 10.0. The molecule has 10 nitrogen and oxygen atoms in total. The van der Waals surface area contributed by atoms with Gasteiger partial charge in [0, 0.05) is 12.6 Å². The molecule has 0 aliphatic heterocycles. The van der Waals surface area contributed by atoms with Gasteiger partial charge in [0.25, 0.3) is 17.7 Å². The highest BCUT2D eigenvalue weighted by Gasteiger charge is 2.27. The Morgan fingerprint density at radius 3 is 2.06 bits per heavy atom. The van der Waals surface area contributed by atoms with Crippen molar-refractivity contribution in [2.24, 2.45) is 0 Å². The lowest BCUT2D eigenvalue weighted by Crippen LogP contribution is -2.54. The first-order valence-electron chi connectivity index (χ1n) is 9.48. The standard InChI is InChI=1S/C21H25N3O7/c1-22-20(27)18(21(28)24-29)23-19(26)16-4-2-14(3-5-16)15-6-8-17(9-7-15)31-13-12-30-11-10-25/h2-9,18,25,29H,10-13H2,1H3,(H,22,27)(H,23,26)(H,24,28). The number of benzene rings is 2. The van der Waals surface area contributed by atoms with Gasteiger partial charge in [-0.15, -0.1) is 0 Å². The van der Waals surface area contributed by atoms with E-state index >= 15 is 0 Å². The maximum atomic E-state index is 12.4. The highest BCUT2D eigenvalue weighted by Crippen LogP contribution is 2.23. The maximum Gasteiger partial charge on any atom is 0.275 e. The fraction of sp³-hybridized carbons (Fsp3) is 0.286. The molecule has 0 radical (unpaired) electrons. The number of aliphatic hydroxyl groups is 1. The second-order valence-corrected chi connectivity index (χ2v) is 6.28. The van der Waals surface area contributed by atoms with Crippen LogP contribution in [0.15, 0.2) is 48.5 Å². The first-order valence-corrected chi connectivity index (χ1v) is 9.48. The van der Waals surface area contributed by atoms with Crippen molar-refractivity contribution in [2.75, 3.05) is 33.5 Å². The molecule has 2 rings (SSSR count). The van der Waals surface area contributed by atoms with Crippen molar-refractivity contribution < 1.29 is 34.2 Å². The molecule has 0 spiro atoms. The zero-order valence-corrected chi connectivity index (χ0v) is 17.0. The van der Waals surface area contributed by atoms with Crippen LogP contribution < -0.4 is 20.9 Å². The Kier molecular flexibility index (Phi) is 9.43. The van der Waals surface area contributed by atoms with E-state index in [9.17, 15) is 14.4 Å². The van der Waals surface area contributed by atoms with Gasteiger partial charge in [-0.3, -0.25) is 19.6 Å². The van der Waals surface area contributed by atoms with Gasteiger partial charge in [-0.05, 0) is 35.4 Å². The van der Waals surface area contributed by atoms with E-state index in [2.05, 4.69) is 10.6 Å². The summed E-state index contributed by atoms with van der Waals surface area (Å²) in [5.41, 5.74) is 3.35. The molecular formula is C21H25N3O7. The van der Waals surface area contributed by atoms with Gasteiger partial charge in [0.05, 0.1) is 19.8 Å². The number of aliphatic hydroxyl groups excluding tert-OH is 1. The second-order valence-electron chi connectivity index (χ2n) is 6.28.